The van der Waals surface area contributed by atoms with Gasteiger partial charge < -0.3 is 24.6 Å². The Kier molecular flexibility index (Phi) is 7.88. The monoisotopic (exact) mass is 468 g/mol. The van der Waals surface area contributed by atoms with Gasteiger partial charge in [0, 0.05) is 30.2 Å². The van der Waals surface area contributed by atoms with E-state index in [2.05, 4.69) is 28.7 Å². The largest absolute Gasteiger partial charge is 0.507 e. The number of aromatic amines is 1. The number of nitrogens with one attached hydrogen (secondary N) is 1. The van der Waals surface area contributed by atoms with Crippen molar-refractivity contribution < 1.29 is 24.2 Å². The van der Waals surface area contributed by atoms with Gasteiger partial charge in [0.25, 0.3) is 11.7 Å². The number of likely N-dealkylation sites (tertiary alicyclic amines) is 1. The van der Waals surface area contributed by atoms with Gasteiger partial charge in [0.05, 0.1) is 18.7 Å². The summed E-state index contributed by atoms with van der Waals surface area (Å²) in [4.78, 5) is 49.3. The standard InChI is InChI=1S/C25H32N4O5/c1-6-28(7-2)12-9-13-29-21(17-10-8-11-26-14-17)19(23(31)24(29)32)22(30)18-15(3)20(25(33)34-5)27-16(18)4/h8,10-11,14,21,27,30H,6-7,9,12-13H2,1-5H3/t21-/m0/s1. The molecule has 2 aromatic rings. The summed E-state index contributed by atoms with van der Waals surface area (Å²) in [6, 6.07) is 2.74. The summed E-state index contributed by atoms with van der Waals surface area (Å²) >= 11 is 0. The molecule has 2 aromatic heterocycles. The molecule has 3 heterocycles. The normalized spacial score (nSPS) is 17.6. The number of H-pyrrole nitrogens is 1. The summed E-state index contributed by atoms with van der Waals surface area (Å²) < 4.78 is 4.81. The molecule has 1 atom stereocenters. The molecule has 0 aliphatic carbocycles. The van der Waals surface area contributed by atoms with Crippen LogP contribution >= 0.6 is 0 Å². The minimum absolute atomic E-state index is 0.0116. The molecule has 3 rings (SSSR count). The third kappa shape index (κ3) is 4.61. The highest BCUT2D eigenvalue weighted by atomic mass is 16.5. The van der Waals surface area contributed by atoms with E-state index < -0.39 is 23.7 Å². The van der Waals surface area contributed by atoms with Crippen LogP contribution in [0.15, 0.2) is 30.1 Å². The van der Waals surface area contributed by atoms with Gasteiger partial charge in [-0.1, -0.05) is 19.9 Å². The summed E-state index contributed by atoms with van der Waals surface area (Å²) in [6.07, 6.45) is 3.89. The molecule has 1 aliphatic rings. The number of aliphatic hydroxyl groups is 1. The first-order chi connectivity index (χ1) is 16.3. The number of esters is 1. The number of aryl methyl sites for hydroxylation is 1. The first-order valence-electron chi connectivity index (χ1n) is 11.4. The van der Waals surface area contributed by atoms with Crippen LogP contribution in [0.3, 0.4) is 0 Å². The number of carbonyl (C=O) groups is 3. The van der Waals surface area contributed by atoms with Crippen molar-refractivity contribution >= 4 is 23.4 Å². The molecule has 0 unspecified atom stereocenters. The third-order valence-electron chi connectivity index (χ3n) is 6.37. The first-order valence-corrected chi connectivity index (χ1v) is 11.4. The van der Waals surface area contributed by atoms with Crippen molar-refractivity contribution in [2.45, 2.75) is 40.2 Å². The highest BCUT2D eigenvalue weighted by molar-refractivity contribution is 6.46. The fraction of sp³-hybridized carbons (Fsp3) is 0.440. The van der Waals surface area contributed by atoms with Gasteiger partial charge in [-0.15, -0.1) is 0 Å². The predicted molar refractivity (Wildman–Crippen MR) is 127 cm³/mol. The minimum atomic E-state index is -0.777. The van der Waals surface area contributed by atoms with Crippen LogP contribution in [-0.4, -0.2) is 75.8 Å². The maximum absolute atomic E-state index is 13.2. The van der Waals surface area contributed by atoms with Crippen LogP contribution in [0.25, 0.3) is 5.76 Å². The van der Waals surface area contributed by atoms with Crippen molar-refractivity contribution in [2.75, 3.05) is 33.3 Å². The van der Waals surface area contributed by atoms with Crippen molar-refractivity contribution in [1.82, 2.24) is 19.8 Å². The average molecular weight is 469 g/mol. The SMILES string of the molecule is CCN(CC)CCCN1C(=O)C(=O)C(=C(O)c2c(C)[nH]c(C(=O)OC)c2C)[C@@H]1c1cccnc1. The van der Waals surface area contributed by atoms with Gasteiger partial charge in [-0.25, -0.2) is 4.79 Å². The van der Waals surface area contributed by atoms with Gasteiger partial charge in [-0.05, 0) is 57.1 Å². The zero-order valence-corrected chi connectivity index (χ0v) is 20.3. The van der Waals surface area contributed by atoms with Gasteiger partial charge in [-0.2, -0.15) is 0 Å². The zero-order chi connectivity index (χ0) is 25.0. The topological polar surface area (TPSA) is 116 Å². The summed E-state index contributed by atoms with van der Waals surface area (Å²) in [5.74, 6) is -2.32. The third-order valence-corrected chi connectivity index (χ3v) is 6.37. The zero-order valence-electron chi connectivity index (χ0n) is 20.3. The molecule has 1 amide bonds. The Morgan fingerprint density at radius 3 is 2.56 bits per heavy atom. The van der Waals surface area contributed by atoms with Gasteiger partial charge >= 0.3 is 5.97 Å². The molecule has 34 heavy (non-hydrogen) atoms. The lowest BCUT2D eigenvalue weighted by Crippen LogP contribution is -2.33. The van der Waals surface area contributed by atoms with Crippen LogP contribution in [0, 0.1) is 13.8 Å². The highest BCUT2D eigenvalue weighted by Crippen LogP contribution is 2.40. The molecular weight excluding hydrogens is 436 g/mol. The quantitative estimate of drug-likeness (QED) is 0.252. The molecule has 0 spiro atoms. The van der Waals surface area contributed by atoms with Gasteiger partial charge in [-0.3, -0.25) is 14.6 Å². The predicted octanol–water partition coefficient (Wildman–Crippen LogP) is 2.97. The lowest BCUT2D eigenvalue weighted by atomic mass is 9.95. The van der Waals surface area contributed by atoms with E-state index >= 15 is 0 Å². The minimum Gasteiger partial charge on any atom is -0.507 e. The first kappa shape index (κ1) is 25.2. The van der Waals surface area contributed by atoms with E-state index in [1.807, 2.05) is 0 Å². The van der Waals surface area contributed by atoms with Crippen molar-refractivity contribution in [3.8, 4) is 0 Å². The number of nitrogens with zero attached hydrogens (tertiary/aromatic N) is 3. The van der Waals surface area contributed by atoms with Crippen molar-refractivity contribution in [1.29, 1.82) is 0 Å². The number of amides is 1. The van der Waals surface area contributed by atoms with E-state index in [1.54, 1.807) is 38.4 Å². The number of ether oxygens (including phenoxy) is 1. The smallest absolute Gasteiger partial charge is 0.354 e. The number of aromatic nitrogens is 2. The molecule has 1 fully saturated rings. The lowest BCUT2D eigenvalue weighted by molar-refractivity contribution is -0.140. The van der Waals surface area contributed by atoms with E-state index in [0.29, 0.717) is 35.3 Å². The molecule has 182 valence electrons. The molecule has 9 nitrogen and oxygen atoms in total. The highest BCUT2D eigenvalue weighted by Gasteiger charge is 2.46. The number of pyridine rings is 1. The molecule has 1 aliphatic heterocycles. The van der Waals surface area contributed by atoms with Crippen LogP contribution < -0.4 is 0 Å². The van der Waals surface area contributed by atoms with Crippen molar-refractivity contribution in [3.63, 3.8) is 0 Å². The van der Waals surface area contributed by atoms with E-state index in [4.69, 9.17) is 4.74 Å². The van der Waals surface area contributed by atoms with Gasteiger partial charge in [0.2, 0.25) is 0 Å². The fourth-order valence-electron chi connectivity index (χ4n) is 4.55. The Labute approximate surface area is 199 Å². The number of hydrogen-bond donors (Lipinski definition) is 2. The Hall–Kier alpha value is -3.46. The lowest BCUT2D eigenvalue weighted by Gasteiger charge is -2.26. The second kappa shape index (κ2) is 10.6. The number of hydrogen-bond acceptors (Lipinski definition) is 7. The Balaban J connectivity index is 2.09. The van der Waals surface area contributed by atoms with Crippen LogP contribution in [0.2, 0.25) is 0 Å². The molecule has 0 radical (unpaired) electrons. The van der Waals surface area contributed by atoms with Gasteiger partial charge in [0.1, 0.15) is 11.5 Å². The van der Waals surface area contributed by atoms with Crippen molar-refractivity contribution in [2.24, 2.45) is 0 Å². The number of Topliss-reactive ketones (excluding diaryl/α,β-unsaturated/α-hetero) is 1. The fourth-order valence-corrected chi connectivity index (χ4v) is 4.55. The molecule has 1 saturated heterocycles. The van der Waals surface area contributed by atoms with E-state index in [1.165, 1.54) is 12.0 Å². The second-order valence-electron chi connectivity index (χ2n) is 8.28. The Morgan fingerprint density at radius 2 is 1.97 bits per heavy atom. The van der Waals surface area contributed by atoms with Crippen LogP contribution in [0.5, 0.6) is 0 Å². The van der Waals surface area contributed by atoms with E-state index in [-0.39, 0.29) is 17.0 Å². The second-order valence-corrected chi connectivity index (χ2v) is 8.28. The molecule has 0 bridgehead atoms. The maximum Gasteiger partial charge on any atom is 0.354 e. The Bertz CT molecular complexity index is 1100. The average Bonchev–Trinajstić information content (AvgIpc) is 3.28. The number of ketones is 1. The summed E-state index contributed by atoms with van der Waals surface area (Å²) in [6.45, 7) is 10.4. The maximum atomic E-state index is 13.2. The van der Waals surface area contributed by atoms with Gasteiger partial charge in [0.15, 0.2) is 0 Å². The summed E-state index contributed by atoms with van der Waals surface area (Å²) in [7, 11) is 1.27. The summed E-state index contributed by atoms with van der Waals surface area (Å²) in [5, 5.41) is 11.4. The number of methoxy groups -OCH3 is 1. The number of rotatable bonds is 9. The van der Waals surface area contributed by atoms with E-state index in [0.717, 1.165) is 19.6 Å². The van der Waals surface area contributed by atoms with Crippen LogP contribution in [0.1, 0.15) is 59.2 Å². The van der Waals surface area contributed by atoms with Crippen molar-refractivity contribution in [3.05, 3.63) is 58.2 Å². The number of carbonyl (C=O) groups excluding carboxylic acids is 3. The molecule has 2 N–H and O–H groups in total. The summed E-state index contributed by atoms with van der Waals surface area (Å²) in [5.41, 5.74) is 2.06. The molecule has 0 aromatic carbocycles. The van der Waals surface area contributed by atoms with Crippen LogP contribution in [0.4, 0.5) is 0 Å². The van der Waals surface area contributed by atoms with Crippen LogP contribution in [-0.2, 0) is 14.3 Å². The Morgan fingerprint density at radius 1 is 1.26 bits per heavy atom. The number of aliphatic hydroxyl groups excluding tert-OH is 1. The molecule has 9 heteroatoms. The molecular formula is C25H32N4O5. The molecule has 0 saturated carbocycles. The van der Waals surface area contributed by atoms with E-state index in [9.17, 15) is 19.5 Å².